The number of oxazole rings is 1. The second kappa shape index (κ2) is 9.77. The van der Waals surface area contributed by atoms with E-state index in [1.165, 1.54) is 0 Å². The lowest BCUT2D eigenvalue weighted by molar-refractivity contribution is -0.106. The van der Waals surface area contributed by atoms with Gasteiger partial charge in [0.25, 0.3) is 0 Å². The van der Waals surface area contributed by atoms with Crippen molar-refractivity contribution in [1.29, 1.82) is 0 Å². The van der Waals surface area contributed by atoms with Gasteiger partial charge in [0.05, 0.1) is 7.11 Å². The number of hydrogen-bond acceptors (Lipinski definition) is 5. The van der Waals surface area contributed by atoms with E-state index in [0.717, 1.165) is 35.7 Å². The molecular formula is C14H20ClN3O3. The molecule has 2 aromatic heterocycles. The minimum absolute atomic E-state index is 0. The molecule has 0 fully saturated rings. The number of carbonyl (C=O) groups is 1. The van der Waals surface area contributed by atoms with E-state index in [0.29, 0.717) is 5.88 Å². The normalized spacial score (nSPS) is 9.10. The van der Waals surface area contributed by atoms with Crippen LogP contribution >= 0.6 is 12.4 Å². The van der Waals surface area contributed by atoms with E-state index < -0.39 is 0 Å². The van der Waals surface area contributed by atoms with Crippen LogP contribution < -0.4 is 10.5 Å². The highest BCUT2D eigenvalue weighted by Crippen LogP contribution is 2.25. The lowest BCUT2D eigenvalue weighted by atomic mass is 10.1. The fourth-order valence-corrected chi connectivity index (χ4v) is 1.66. The Morgan fingerprint density at radius 1 is 1.33 bits per heavy atom. The van der Waals surface area contributed by atoms with Crippen LogP contribution in [0.15, 0.2) is 22.7 Å². The lowest BCUT2D eigenvalue weighted by Crippen LogP contribution is -1.89. The summed E-state index contributed by atoms with van der Waals surface area (Å²) in [5, 5.41) is 0. The zero-order valence-corrected chi connectivity index (χ0v) is 13.1. The van der Waals surface area contributed by atoms with Gasteiger partial charge in [-0.1, -0.05) is 13.8 Å². The molecule has 0 radical (unpaired) electrons. The minimum atomic E-state index is 0. The summed E-state index contributed by atoms with van der Waals surface area (Å²) in [6, 6.07) is 3.78. The van der Waals surface area contributed by atoms with Crippen molar-refractivity contribution in [3.8, 4) is 17.1 Å². The summed E-state index contributed by atoms with van der Waals surface area (Å²) in [5.41, 5.74) is 6.02. The molecule has 2 heterocycles. The van der Waals surface area contributed by atoms with Crippen LogP contribution in [-0.2, 0) is 17.6 Å². The van der Waals surface area contributed by atoms with E-state index in [9.17, 15) is 0 Å². The molecule has 21 heavy (non-hydrogen) atoms. The summed E-state index contributed by atoms with van der Waals surface area (Å²) in [5.74, 6) is 2.28. The number of nitrogens with two attached hydrogens (primary N) is 1. The minimum Gasteiger partial charge on any atom is -0.481 e. The largest absolute Gasteiger partial charge is 0.481 e. The Morgan fingerprint density at radius 2 is 2.00 bits per heavy atom. The molecule has 0 unspecified atom stereocenters. The van der Waals surface area contributed by atoms with Gasteiger partial charge in [-0.25, -0.2) is 9.97 Å². The average Bonchev–Trinajstić information content (AvgIpc) is 2.91. The van der Waals surface area contributed by atoms with Gasteiger partial charge >= 0.3 is 0 Å². The Balaban J connectivity index is 0.000000922. The first-order chi connectivity index (χ1) is 9.69. The SMILES string of the molecule is CCc1nc(-c2ccc(OC)nc2)c(CC)o1.Cl.NC=O. The summed E-state index contributed by atoms with van der Waals surface area (Å²) < 4.78 is 10.7. The summed E-state index contributed by atoms with van der Waals surface area (Å²) in [7, 11) is 1.60. The molecule has 6 nitrogen and oxygen atoms in total. The first-order valence-electron chi connectivity index (χ1n) is 6.34. The van der Waals surface area contributed by atoms with Crippen LogP contribution in [0.3, 0.4) is 0 Å². The number of nitrogens with zero attached hydrogens (tertiary/aromatic N) is 2. The maximum Gasteiger partial charge on any atom is 0.212 e. The number of carbonyl (C=O) groups excluding carboxylic acids is 1. The van der Waals surface area contributed by atoms with E-state index in [2.05, 4.69) is 22.6 Å². The van der Waals surface area contributed by atoms with Gasteiger partial charge < -0.3 is 14.9 Å². The number of aromatic nitrogens is 2. The van der Waals surface area contributed by atoms with Gasteiger partial charge in [0, 0.05) is 30.7 Å². The highest BCUT2D eigenvalue weighted by Gasteiger charge is 2.12. The third-order valence-corrected chi connectivity index (χ3v) is 2.58. The first-order valence-corrected chi connectivity index (χ1v) is 6.34. The number of primary amides is 1. The molecule has 0 aliphatic carbocycles. The van der Waals surface area contributed by atoms with E-state index in [-0.39, 0.29) is 18.8 Å². The van der Waals surface area contributed by atoms with Crippen LogP contribution in [0, 0.1) is 0 Å². The van der Waals surface area contributed by atoms with Crippen molar-refractivity contribution in [2.75, 3.05) is 7.11 Å². The molecule has 0 spiro atoms. The summed E-state index contributed by atoms with van der Waals surface area (Å²) in [4.78, 5) is 17.2. The molecule has 1 amide bonds. The average molecular weight is 314 g/mol. The topological polar surface area (TPSA) is 91.2 Å². The van der Waals surface area contributed by atoms with Crippen molar-refractivity contribution in [2.24, 2.45) is 5.73 Å². The Labute approximate surface area is 130 Å². The van der Waals surface area contributed by atoms with Gasteiger partial charge in [0.1, 0.15) is 11.5 Å². The van der Waals surface area contributed by atoms with Crippen LogP contribution in [0.2, 0.25) is 0 Å². The maximum atomic E-state index is 8.58. The van der Waals surface area contributed by atoms with Crippen molar-refractivity contribution in [2.45, 2.75) is 26.7 Å². The molecule has 0 aromatic carbocycles. The number of methoxy groups -OCH3 is 1. The highest BCUT2D eigenvalue weighted by molar-refractivity contribution is 5.85. The molecule has 2 rings (SSSR count). The fraction of sp³-hybridized carbons (Fsp3) is 0.357. The van der Waals surface area contributed by atoms with Crippen LogP contribution in [0.25, 0.3) is 11.3 Å². The second-order valence-electron chi connectivity index (χ2n) is 3.81. The molecule has 0 aliphatic rings. The summed E-state index contributed by atoms with van der Waals surface area (Å²) in [6.07, 6.45) is 3.64. The second-order valence-corrected chi connectivity index (χ2v) is 3.81. The van der Waals surface area contributed by atoms with Crippen molar-refractivity contribution < 1.29 is 13.9 Å². The maximum absolute atomic E-state index is 8.58. The van der Waals surface area contributed by atoms with Gasteiger partial charge in [-0.3, -0.25) is 4.79 Å². The van der Waals surface area contributed by atoms with Crippen molar-refractivity contribution in [3.63, 3.8) is 0 Å². The third kappa shape index (κ3) is 5.07. The molecule has 0 atom stereocenters. The van der Waals surface area contributed by atoms with Gasteiger partial charge in [-0.2, -0.15) is 0 Å². The summed E-state index contributed by atoms with van der Waals surface area (Å²) >= 11 is 0. The molecule has 0 aliphatic heterocycles. The Morgan fingerprint density at radius 3 is 2.43 bits per heavy atom. The first kappa shape index (κ1) is 18.9. The van der Waals surface area contributed by atoms with Crippen LogP contribution in [0.1, 0.15) is 25.5 Å². The zero-order valence-electron chi connectivity index (χ0n) is 12.3. The Hall–Kier alpha value is -2.08. The summed E-state index contributed by atoms with van der Waals surface area (Å²) in [6.45, 7) is 4.09. The standard InChI is InChI=1S/C13H16N2O2.CH3NO.ClH/c1-4-10-13(15-11(5-2)17-10)9-6-7-12(16-3)14-8-9;2-1-3;/h6-8H,4-5H2,1-3H3;1H,(H2,2,3);1H. The highest BCUT2D eigenvalue weighted by atomic mass is 35.5. The molecular weight excluding hydrogens is 294 g/mol. The van der Waals surface area contributed by atoms with E-state index >= 15 is 0 Å². The number of hydrogen-bond donors (Lipinski definition) is 1. The van der Waals surface area contributed by atoms with Crippen molar-refractivity contribution >= 4 is 18.8 Å². The van der Waals surface area contributed by atoms with Crippen molar-refractivity contribution in [1.82, 2.24) is 9.97 Å². The van der Waals surface area contributed by atoms with Gasteiger partial charge in [-0.15, -0.1) is 12.4 Å². The smallest absolute Gasteiger partial charge is 0.212 e. The molecule has 2 aromatic rings. The van der Waals surface area contributed by atoms with Crippen LogP contribution in [0.4, 0.5) is 0 Å². The number of amides is 1. The molecule has 0 saturated heterocycles. The fourth-order valence-electron chi connectivity index (χ4n) is 1.66. The Kier molecular flexibility index (Phi) is 8.80. The number of ether oxygens (including phenoxy) is 1. The van der Waals surface area contributed by atoms with Gasteiger partial charge in [0.2, 0.25) is 12.3 Å². The predicted molar refractivity (Wildman–Crippen MR) is 82.5 cm³/mol. The zero-order chi connectivity index (χ0) is 15.0. The number of pyridine rings is 1. The van der Waals surface area contributed by atoms with Gasteiger partial charge in [0.15, 0.2) is 5.89 Å². The Bertz CT molecular complexity index is 541. The lowest BCUT2D eigenvalue weighted by Gasteiger charge is -2.00. The van der Waals surface area contributed by atoms with Crippen LogP contribution in [-0.4, -0.2) is 23.5 Å². The van der Waals surface area contributed by atoms with Crippen molar-refractivity contribution in [3.05, 3.63) is 30.0 Å². The van der Waals surface area contributed by atoms with Gasteiger partial charge in [-0.05, 0) is 6.07 Å². The molecule has 0 bridgehead atoms. The van der Waals surface area contributed by atoms with E-state index in [4.69, 9.17) is 13.9 Å². The number of aryl methyl sites for hydroxylation is 2. The molecule has 7 heteroatoms. The third-order valence-electron chi connectivity index (χ3n) is 2.58. The van der Waals surface area contributed by atoms with Crippen LogP contribution in [0.5, 0.6) is 5.88 Å². The molecule has 116 valence electrons. The number of halogens is 1. The van der Waals surface area contributed by atoms with E-state index in [1.54, 1.807) is 13.3 Å². The quantitative estimate of drug-likeness (QED) is 0.875. The molecule has 0 saturated carbocycles. The predicted octanol–water partition coefficient (Wildman–Crippen LogP) is 2.39. The monoisotopic (exact) mass is 313 g/mol. The number of rotatable bonds is 4. The van der Waals surface area contributed by atoms with E-state index in [1.807, 2.05) is 19.1 Å². The molecule has 2 N–H and O–H groups in total.